The van der Waals surface area contributed by atoms with Gasteiger partial charge in [-0.1, -0.05) is 19.8 Å². The molecule has 1 aromatic heterocycles. The number of hydrogen-bond donors (Lipinski definition) is 1. The van der Waals surface area contributed by atoms with Gasteiger partial charge in [0.05, 0.1) is 12.6 Å². The zero-order valence-corrected chi connectivity index (χ0v) is 9.52. The number of nitrogens with one attached hydrogen (secondary N) is 1. The molecule has 0 aromatic carbocycles. The van der Waals surface area contributed by atoms with Crippen molar-refractivity contribution in [1.82, 2.24) is 25.5 Å². The average Bonchev–Trinajstić information content (AvgIpc) is 2.95. The second-order valence-corrected chi connectivity index (χ2v) is 4.11. The summed E-state index contributed by atoms with van der Waals surface area (Å²) in [5, 5.41) is 14.4. The van der Waals surface area contributed by atoms with Gasteiger partial charge < -0.3 is 5.32 Å². The first kappa shape index (κ1) is 11.0. The molecule has 6 heteroatoms. The molecular formula is C10H17N5O. The number of tetrazole rings is 1. The minimum atomic E-state index is 0.0287. The standard InChI is InChI=1S/C10H17N5O/c1-2-10(16)11-7-9-12-13-14-15(9)8-5-3-4-6-8/h8H,2-7H2,1H3,(H,11,16). The third kappa shape index (κ3) is 2.37. The smallest absolute Gasteiger partial charge is 0.220 e. The molecule has 6 nitrogen and oxygen atoms in total. The van der Waals surface area contributed by atoms with E-state index >= 15 is 0 Å². The molecule has 1 amide bonds. The predicted molar refractivity (Wildman–Crippen MR) is 57.5 cm³/mol. The minimum absolute atomic E-state index is 0.0287. The highest BCUT2D eigenvalue weighted by Gasteiger charge is 2.21. The Morgan fingerprint density at radius 3 is 2.94 bits per heavy atom. The van der Waals surface area contributed by atoms with E-state index in [9.17, 15) is 4.79 Å². The molecular weight excluding hydrogens is 206 g/mol. The van der Waals surface area contributed by atoms with Gasteiger partial charge in [0.1, 0.15) is 0 Å². The van der Waals surface area contributed by atoms with Gasteiger partial charge in [-0.15, -0.1) is 5.10 Å². The molecule has 1 aliphatic carbocycles. The molecule has 88 valence electrons. The molecule has 16 heavy (non-hydrogen) atoms. The number of aromatic nitrogens is 4. The van der Waals surface area contributed by atoms with E-state index in [-0.39, 0.29) is 5.91 Å². The summed E-state index contributed by atoms with van der Waals surface area (Å²) in [6.07, 6.45) is 5.25. The lowest BCUT2D eigenvalue weighted by Gasteiger charge is -2.11. The first-order valence-electron chi connectivity index (χ1n) is 5.84. The maximum atomic E-state index is 11.2. The monoisotopic (exact) mass is 223 g/mol. The molecule has 1 aromatic rings. The Hall–Kier alpha value is -1.46. The number of rotatable bonds is 4. The van der Waals surface area contributed by atoms with Gasteiger partial charge in [-0.2, -0.15) is 0 Å². The molecule has 1 fully saturated rings. The van der Waals surface area contributed by atoms with Crippen molar-refractivity contribution < 1.29 is 4.79 Å². The molecule has 1 aliphatic rings. The van der Waals surface area contributed by atoms with Gasteiger partial charge in [-0.05, 0) is 23.3 Å². The Bertz CT molecular complexity index is 356. The molecule has 0 atom stereocenters. The summed E-state index contributed by atoms with van der Waals surface area (Å²) in [6.45, 7) is 2.26. The second-order valence-electron chi connectivity index (χ2n) is 4.11. The van der Waals surface area contributed by atoms with E-state index in [0.29, 0.717) is 19.0 Å². The van der Waals surface area contributed by atoms with Gasteiger partial charge in [0.15, 0.2) is 5.82 Å². The van der Waals surface area contributed by atoms with Crippen LogP contribution in [-0.2, 0) is 11.3 Å². The highest BCUT2D eigenvalue weighted by molar-refractivity contribution is 5.75. The van der Waals surface area contributed by atoms with Crippen molar-refractivity contribution in [1.29, 1.82) is 0 Å². The summed E-state index contributed by atoms with van der Waals surface area (Å²) in [5.74, 6) is 0.787. The summed E-state index contributed by atoms with van der Waals surface area (Å²) >= 11 is 0. The van der Waals surface area contributed by atoms with E-state index in [0.717, 1.165) is 18.7 Å². The van der Waals surface area contributed by atoms with E-state index in [1.807, 2.05) is 11.6 Å². The molecule has 1 heterocycles. The summed E-state index contributed by atoms with van der Waals surface area (Å²) in [6, 6.07) is 0.420. The fourth-order valence-corrected chi connectivity index (χ4v) is 2.06. The van der Waals surface area contributed by atoms with Gasteiger partial charge in [-0.3, -0.25) is 4.79 Å². The van der Waals surface area contributed by atoms with Crippen molar-refractivity contribution in [3.8, 4) is 0 Å². The van der Waals surface area contributed by atoms with Crippen molar-refractivity contribution >= 4 is 5.91 Å². The van der Waals surface area contributed by atoms with Crippen molar-refractivity contribution in [3.63, 3.8) is 0 Å². The number of carbonyl (C=O) groups is 1. The third-order valence-electron chi connectivity index (χ3n) is 3.00. The Labute approximate surface area is 94.4 Å². The van der Waals surface area contributed by atoms with Crippen LogP contribution in [0.5, 0.6) is 0 Å². The summed E-state index contributed by atoms with van der Waals surface area (Å²) in [7, 11) is 0. The van der Waals surface area contributed by atoms with Crippen LogP contribution in [0.25, 0.3) is 0 Å². The van der Waals surface area contributed by atoms with Crippen molar-refractivity contribution in [3.05, 3.63) is 5.82 Å². The molecule has 0 saturated heterocycles. The van der Waals surface area contributed by atoms with E-state index in [4.69, 9.17) is 0 Å². The van der Waals surface area contributed by atoms with Crippen molar-refractivity contribution in [2.75, 3.05) is 0 Å². The lowest BCUT2D eigenvalue weighted by molar-refractivity contribution is -0.120. The zero-order chi connectivity index (χ0) is 11.4. The van der Waals surface area contributed by atoms with Crippen LogP contribution in [0.2, 0.25) is 0 Å². The first-order chi connectivity index (χ1) is 7.81. The van der Waals surface area contributed by atoms with Crippen LogP contribution in [0, 0.1) is 0 Å². The van der Waals surface area contributed by atoms with Gasteiger partial charge in [-0.25, -0.2) is 4.68 Å². The Balaban J connectivity index is 1.98. The van der Waals surface area contributed by atoms with Crippen LogP contribution in [0.1, 0.15) is 50.9 Å². The molecule has 0 aliphatic heterocycles. The Morgan fingerprint density at radius 1 is 1.50 bits per heavy atom. The quantitative estimate of drug-likeness (QED) is 0.820. The van der Waals surface area contributed by atoms with Crippen LogP contribution < -0.4 is 5.32 Å². The van der Waals surface area contributed by atoms with Gasteiger partial charge >= 0.3 is 0 Å². The second kappa shape index (κ2) is 5.05. The van der Waals surface area contributed by atoms with Crippen LogP contribution in [0.4, 0.5) is 0 Å². The molecule has 1 N–H and O–H groups in total. The van der Waals surface area contributed by atoms with Gasteiger partial charge in [0, 0.05) is 6.42 Å². The van der Waals surface area contributed by atoms with Crippen molar-refractivity contribution in [2.45, 2.75) is 51.6 Å². The summed E-state index contributed by atoms with van der Waals surface area (Å²) in [5.41, 5.74) is 0. The molecule has 0 radical (unpaired) electrons. The lowest BCUT2D eigenvalue weighted by atomic mass is 10.2. The average molecular weight is 223 g/mol. The molecule has 0 bridgehead atoms. The van der Waals surface area contributed by atoms with E-state index < -0.39 is 0 Å². The van der Waals surface area contributed by atoms with E-state index in [2.05, 4.69) is 20.8 Å². The Kier molecular flexibility index (Phi) is 3.48. The maximum absolute atomic E-state index is 11.2. The number of hydrogen-bond acceptors (Lipinski definition) is 4. The fraction of sp³-hybridized carbons (Fsp3) is 0.800. The Morgan fingerprint density at radius 2 is 2.25 bits per heavy atom. The van der Waals surface area contributed by atoms with Crippen LogP contribution in [0.3, 0.4) is 0 Å². The summed E-state index contributed by atoms with van der Waals surface area (Å²) < 4.78 is 1.86. The maximum Gasteiger partial charge on any atom is 0.220 e. The largest absolute Gasteiger partial charge is 0.349 e. The number of nitrogens with zero attached hydrogens (tertiary/aromatic N) is 4. The molecule has 0 unspecified atom stereocenters. The highest BCUT2D eigenvalue weighted by atomic mass is 16.1. The van der Waals surface area contributed by atoms with Gasteiger partial charge in [0.2, 0.25) is 5.91 Å². The normalized spacial score (nSPS) is 16.6. The number of amides is 1. The molecule has 1 saturated carbocycles. The third-order valence-corrected chi connectivity index (χ3v) is 3.00. The fourth-order valence-electron chi connectivity index (χ4n) is 2.06. The molecule has 0 spiro atoms. The SMILES string of the molecule is CCC(=O)NCc1nnnn1C1CCCC1. The minimum Gasteiger partial charge on any atom is -0.349 e. The molecule has 2 rings (SSSR count). The van der Waals surface area contributed by atoms with E-state index in [1.165, 1.54) is 12.8 Å². The van der Waals surface area contributed by atoms with Crippen LogP contribution in [-0.4, -0.2) is 26.1 Å². The lowest BCUT2D eigenvalue weighted by Crippen LogP contribution is -2.24. The summed E-state index contributed by atoms with van der Waals surface area (Å²) in [4.78, 5) is 11.2. The van der Waals surface area contributed by atoms with Crippen molar-refractivity contribution in [2.24, 2.45) is 0 Å². The number of carbonyl (C=O) groups excluding carboxylic acids is 1. The van der Waals surface area contributed by atoms with Crippen LogP contribution >= 0.6 is 0 Å². The zero-order valence-electron chi connectivity index (χ0n) is 9.52. The van der Waals surface area contributed by atoms with E-state index in [1.54, 1.807) is 0 Å². The van der Waals surface area contributed by atoms with Gasteiger partial charge in [0.25, 0.3) is 0 Å². The van der Waals surface area contributed by atoms with Crippen LogP contribution in [0.15, 0.2) is 0 Å². The topological polar surface area (TPSA) is 72.7 Å². The first-order valence-corrected chi connectivity index (χ1v) is 5.84. The highest BCUT2D eigenvalue weighted by Crippen LogP contribution is 2.28. The predicted octanol–water partition coefficient (Wildman–Crippen LogP) is 0.814.